The van der Waals surface area contributed by atoms with Crippen molar-refractivity contribution in [3.05, 3.63) is 47.0 Å². The highest BCUT2D eigenvalue weighted by atomic mass is 35.5. The highest BCUT2D eigenvalue weighted by Crippen LogP contribution is 2.30. The molecule has 2 aromatic carbocycles. The van der Waals surface area contributed by atoms with Gasteiger partial charge >= 0.3 is 0 Å². The van der Waals surface area contributed by atoms with Crippen molar-refractivity contribution in [1.29, 1.82) is 0 Å². The van der Waals surface area contributed by atoms with Gasteiger partial charge in [0.25, 0.3) is 10.0 Å². The van der Waals surface area contributed by atoms with Gasteiger partial charge in [0.15, 0.2) is 0 Å². The Hall–Kier alpha value is -1.92. The molecule has 0 saturated heterocycles. The molecule has 0 atom stereocenters. The van der Waals surface area contributed by atoms with E-state index in [2.05, 4.69) is 4.72 Å². The monoisotopic (exact) mass is 326 g/mol. The molecule has 21 heavy (non-hydrogen) atoms. The van der Waals surface area contributed by atoms with Crippen LogP contribution in [0.2, 0.25) is 5.02 Å². The van der Waals surface area contributed by atoms with Crippen LogP contribution >= 0.6 is 11.6 Å². The van der Waals surface area contributed by atoms with Crippen LogP contribution in [0.5, 0.6) is 5.75 Å². The maximum atomic E-state index is 12.4. The lowest BCUT2D eigenvalue weighted by molar-refractivity contribution is 0.416. The fraction of sp³-hybridized carbons (Fsp3) is 0.143. The minimum Gasteiger partial charge on any atom is -0.495 e. The van der Waals surface area contributed by atoms with Crippen molar-refractivity contribution < 1.29 is 13.2 Å². The molecular formula is C14H15ClN2O3S. The number of ether oxygens (including phenoxy) is 1. The number of hydrogen-bond donors (Lipinski definition) is 2. The quantitative estimate of drug-likeness (QED) is 0.846. The van der Waals surface area contributed by atoms with E-state index in [1.165, 1.54) is 25.3 Å². The summed E-state index contributed by atoms with van der Waals surface area (Å²) in [4.78, 5) is -0.0407. The molecule has 0 saturated carbocycles. The molecule has 0 fully saturated rings. The molecule has 5 nitrogen and oxygen atoms in total. The molecule has 3 N–H and O–H groups in total. The molecule has 0 radical (unpaired) electrons. The van der Waals surface area contributed by atoms with E-state index in [-0.39, 0.29) is 9.92 Å². The SMILES string of the molecule is COc1cc(C)ccc1NS(=O)(=O)c1ccc(N)cc1Cl. The minimum atomic E-state index is -3.82. The molecular weight excluding hydrogens is 312 g/mol. The zero-order valence-corrected chi connectivity index (χ0v) is 13.1. The van der Waals surface area contributed by atoms with Crippen LogP contribution in [-0.2, 0) is 10.0 Å². The van der Waals surface area contributed by atoms with Crippen LogP contribution in [0.15, 0.2) is 41.3 Å². The number of halogens is 1. The Morgan fingerprint density at radius 3 is 2.52 bits per heavy atom. The average molecular weight is 327 g/mol. The largest absolute Gasteiger partial charge is 0.495 e. The van der Waals surface area contributed by atoms with Crippen LogP contribution in [0.3, 0.4) is 0 Å². The fourth-order valence-corrected chi connectivity index (χ4v) is 3.44. The number of methoxy groups -OCH3 is 1. The number of nitrogen functional groups attached to an aromatic ring is 1. The molecule has 2 aromatic rings. The predicted octanol–water partition coefficient (Wildman–Crippen LogP) is 3.04. The maximum absolute atomic E-state index is 12.4. The summed E-state index contributed by atoms with van der Waals surface area (Å²) in [6.45, 7) is 1.89. The van der Waals surface area contributed by atoms with Crippen molar-refractivity contribution in [2.45, 2.75) is 11.8 Å². The number of rotatable bonds is 4. The number of aryl methyl sites for hydroxylation is 1. The van der Waals surface area contributed by atoms with Crippen molar-refractivity contribution in [3.63, 3.8) is 0 Å². The normalized spacial score (nSPS) is 11.2. The van der Waals surface area contributed by atoms with Gasteiger partial charge in [0, 0.05) is 5.69 Å². The standard InChI is InChI=1S/C14H15ClN2O3S/c1-9-3-5-12(13(7-9)20-2)17-21(18,19)14-6-4-10(16)8-11(14)15/h3-8,17H,16H2,1-2H3. The highest BCUT2D eigenvalue weighted by Gasteiger charge is 2.19. The van der Waals surface area contributed by atoms with E-state index in [4.69, 9.17) is 22.1 Å². The number of anilines is 2. The van der Waals surface area contributed by atoms with E-state index in [1.807, 2.05) is 6.92 Å². The van der Waals surface area contributed by atoms with Crippen molar-refractivity contribution in [2.75, 3.05) is 17.6 Å². The van der Waals surface area contributed by atoms with Crippen LogP contribution in [0.1, 0.15) is 5.56 Å². The van der Waals surface area contributed by atoms with Gasteiger partial charge in [-0.05, 0) is 42.8 Å². The zero-order chi connectivity index (χ0) is 15.6. The summed E-state index contributed by atoms with van der Waals surface area (Å²) in [7, 11) is -2.35. The third-order valence-corrected chi connectivity index (χ3v) is 4.70. The van der Waals surface area contributed by atoms with Crippen molar-refractivity contribution in [2.24, 2.45) is 0 Å². The van der Waals surface area contributed by atoms with Gasteiger partial charge in [-0.25, -0.2) is 8.42 Å². The summed E-state index contributed by atoms with van der Waals surface area (Å²) in [5.74, 6) is 0.435. The zero-order valence-electron chi connectivity index (χ0n) is 11.6. The van der Waals surface area contributed by atoms with Gasteiger partial charge in [-0.3, -0.25) is 4.72 Å². The lowest BCUT2D eigenvalue weighted by Crippen LogP contribution is -2.14. The molecule has 0 bridgehead atoms. The van der Waals surface area contributed by atoms with E-state index in [1.54, 1.807) is 18.2 Å². The second-order valence-corrected chi connectivity index (χ2v) is 6.56. The Kier molecular flexibility index (Phi) is 4.29. The molecule has 0 aliphatic rings. The fourth-order valence-electron chi connectivity index (χ4n) is 1.82. The molecule has 0 unspecified atom stereocenters. The highest BCUT2D eigenvalue weighted by molar-refractivity contribution is 7.92. The van der Waals surface area contributed by atoms with Gasteiger partial charge in [0.2, 0.25) is 0 Å². The van der Waals surface area contributed by atoms with Crippen LogP contribution in [0.4, 0.5) is 11.4 Å². The number of benzene rings is 2. The molecule has 0 amide bonds. The second-order valence-electron chi connectivity index (χ2n) is 4.50. The molecule has 7 heteroatoms. The van der Waals surface area contributed by atoms with Gasteiger partial charge in [-0.1, -0.05) is 17.7 Å². The summed E-state index contributed by atoms with van der Waals surface area (Å²) >= 11 is 5.95. The van der Waals surface area contributed by atoms with Crippen LogP contribution in [0.25, 0.3) is 0 Å². The minimum absolute atomic E-state index is 0.0407. The van der Waals surface area contributed by atoms with E-state index >= 15 is 0 Å². The maximum Gasteiger partial charge on any atom is 0.263 e. The smallest absolute Gasteiger partial charge is 0.263 e. The number of nitrogens with two attached hydrogens (primary N) is 1. The Bertz CT molecular complexity index is 776. The Labute approximate surface area is 128 Å². The summed E-state index contributed by atoms with van der Waals surface area (Å²) < 4.78 is 32.4. The Morgan fingerprint density at radius 1 is 1.19 bits per heavy atom. The van der Waals surface area contributed by atoms with E-state index in [0.717, 1.165) is 5.56 Å². The van der Waals surface area contributed by atoms with Crippen molar-refractivity contribution >= 4 is 33.0 Å². The molecule has 2 rings (SSSR count). The van der Waals surface area contributed by atoms with Gasteiger partial charge in [-0.2, -0.15) is 0 Å². The molecule has 0 heterocycles. The van der Waals surface area contributed by atoms with Crippen molar-refractivity contribution in [1.82, 2.24) is 0 Å². The molecule has 0 aliphatic heterocycles. The Balaban J connectivity index is 2.42. The second kappa shape index (κ2) is 5.83. The van der Waals surface area contributed by atoms with Crippen LogP contribution in [-0.4, -0.2) is 15.5 Å². The van der Waals surface area contributed by atoms with E-state index in [0.29, 0.717) is 17.1 Å². The molecule has 112 valence electrons. The lowest BCUT2D eigenvalue weighted by Gasteiger charge is -2.13. The number of nitrogens with one attached hydrogen (secondary N) is 1. The summed E-state index contributed by atoms with van der Waals surface area (Å²) in [6, 6.07) is 9.39. The first-order chi connectivity index (χ1) is 9.83. The third-order valence-electron chi connectivity index (χ3n) is 2.85. The number of sulfonamides is 1. The third kappa shape index (κ3) is 3.40. The van der Waals surface area contributed by atoms with E-state index < -0.39 is 10.0 Å². The summed E-state index contributed by atoms with van der Waals surface area (Å²) in [5, 5.41) is 0.0635. The average Bonchev–Trinajstić information content (AvgIpc) is 2.40. The lowest BCUT2D eigenvalue weighted by atomic mass is 10.2. The summed E-state index contributed by atoms with van der Waals surface area (Å²) in [5.41, 5.74) is 7.26. The van der Waals surface area contributed by atoms with Gasteiger partial charge in [0.1, 0.15) is 10.6 Å². The Morgan fingerprint density at radius 2 is 1.90 bits per heavy atom. The molecule has 0 aliphatic carbocycles. The van der Waals surface area contributed by atoms with Crippen LogP contribution < -0.4 is 15.2 Å². The predicted molar refractivity (Wildman–Crippen MR) is 84.4 cm³/mol. The van der Waals surface area contributed by atoms with Crippen molar-refractivity contribution in [3.8, 4) is 5.75 Å². The first-order valence-electron chi connectivity index (χ1n) is 6.06. The van der Waals surface area contributed by atoms with Gasteiger partial charge < -0.3 is 10.5 Å². The van der Waals surface area contributed by atoms with Gasteiger partial charge in [-0.15, -0.1) is 0 Å². The summed E-state index contributed by atoms with van der Waals surface area (Å²) in [6.07, 6.45) is 0. The molecule has 0 spiro atoms. The van der Waals surface area contributed by atoms with Gasteiger partial charge in [0.05, 0.1) is 17.8 Å². The van der Waals surface area contributed by atoms with Crippen LogP contribution in [0, 0.1) is 6.92 Å². The topological polar surface area (TPSA) is 81.4 Å². The molecule has 0 aromatic heterocycles. The first kappa shape index (κ1) is 15.5. The van der Waals surface area contributed by atoms with E-state index in [9.17, 15) is 8.42 Å². The number of hydrogen-bond acceptors (Lipinski definition) is 4. The first-order valence-corrected chi connectivity index (χ1v) is 7.92.